The molecule has 5 heteroatoms. The largest absolute Gasteiger partial charge is 0.331 e. The number of rotatable bonds is 3. The summed E-state index contributed by atoms with van der Waals surface area (Å²) in [5, 5.41) is 6.32. The second-order valence-electron chi connectivity index (χ2n) is 4.72. The first kappa shape index (κ1) is 15.7. The maximum absolute atomic E-state index is 4.61. The topological polar surface area (TPSA) is 37.8 Å². The molecular weight excluding hydrogens is 346 g/mol. The molecule has 1 N–H and O–H groups in total. The Balaban J connectivity index is 0.00000161. The number of halogens is 1. The highest BCUT2D eigenvalue weighted by molar-refractivity contribution is 8.93. The van der Waals surface area contributed by atoms with Crippen molar-refractivity contribution in [3.05, 3.63) is 59.2 Å². The smallest absolute Gasteiger partial charge is 0.187 e. The summed E-state index contributed by atoms with van der Waals surface area (Å²) in [5.41, 5.74) is 5.59. The summed E-state index contributed by atoms with van der Waals surface area (Å²) in [7, 11) is 0. The molecule has 0 aliphatic carbocycles. The van der Waals surface area contributed by atoms with Gasteiger partial charge in [0.15, 0.2) is 5.13 Å². The Kier molecular flexibility index (Phi) is 5.09. The molecule has 0 radical (unpaired) electrons. The molecule has 2 aromatic heterocycles. The third-order valence-corrected chi connectivity index (χ3v) is 3.84. The molecule has 0 bridgehead atoms. The first-order valence-corrected chi connectivity index (χ1v) is 7.30. The third-order valence-electron chi connectivity index (χ3n) is 3.08. The average molecular weight is 362 g/mol. The van der Waals surface area contributed by atoms with Crippen molar-refractivity contribution in [1.29, 1.82) is 0 Å². The van der Waals surface area contributed by atoms with Crippen LogP contribution in [0.5, 0.6) is 0 Å². The fourth-order valence-electron chi connectivity index (χ4n) is 2.05. The highest BCUT2D eigenvalue weighted by Gasteiger charge is 2.06. The normalized spacial score (nSPS) is 10.0. The van der Waals surface area contributed by atoms with Crippen LogP contribution in [0.2, 0.25) is 0 Å². The van der Waals surface area contributed by atoms with Gasteiger partial charge in [-0.3, -0.25) is 4.98 Å². The van der Waals surface area contributed by atoms with Crippen LogP contribution in [-0.4, -0.2) is 9.97 Å². The zero-order valence-corrected chi connectivity index (χ0v) is 14.4. The predicted molar refractivity (Wildman–Crippen MR) is 94.9 cm³/mol. The van der Waals surface area contributed by atoms with Gasteiger partial charge in [0.2, 0.25) is 0 Å². The Bertz CT molecular complexity index is 725. The van der Waals surface area contributed by atoms with E-state index in [0.717, 1.165) is 22.1 Å². The minimum Gasteiger partial charge on any atom is -0.331 e. The summed E-state index contributed by atoms with van der Waals surface area (Å²) in [4.78, 5) is 8.73. The van der Waals surface area contributed by atoms with Crippen LogP contribution in [0.3, 0.4) is 0 Å². The molecule has 0 amide bonds. The molecule has 0 spiro atoms. The molecule has 3 aromatic rings. The molecule has 3 rings (SSSR count). The summed E-state index contributed by atoms with van der Waals surface area (Å²) < 4.78 is 0. The lowest BCUT2D eigenvalue weighted by Crippen LogP contribution is -1.93. The molecule has 0 aliphatic rings. The molecule has 0 saturated carbocycles. The predicted octanol–water partition coefficient (Wildman–Crippen LogP) is 5.14. The van der Waals surface area contributed by atoms with Gasteiger partial charge < -0.3 is 5.32 Å². The highest BCUT2D eigenvalue weighted by atomic mass is 79.9. The summed E-state index contributed by atoms with van der Waals surface area (Å²) >= 11 is 1.60. The van der Waals surface area contributed by atoms with Gasteiger partial charge in [-0.1, -0.05) is 17.7 Å². The van der Waals surface area contributed by atoms with E-state index in [1.807, 2.05) is 23.7 Å². The van der Waals surface area contributed by atoms with Crippen molar-refractivity contribution < 1.29 is 0 Å². The Labute approximate surface area is 138 Å². The molecule has 21 heavy (non-hydrogen) atoms. The van der Waals surface area contributed by atoms with Gasteiger partial charge in [-0.15, -0.1) is 28.3 Å². The number of hydrogen-bond acceptors (Lipinski definition) is 4. The van der Waals surface area contributed by atoms with Gasteiger partial charge in [-0.25, -0.2) is 4.98 Å². The molecule has 1 aromatic carbocycles. The van der Waals surface area contributed by atoms with E-state index in [9.17, 15) is 0 Å². The van der Waals surface area contributed by atoms with Crippen LogP contribution in [0.25, 0.3) is 11.3 Å². The van der Waals surface area contributed by atoms with Gasteiger partial charge in [0.05, 0.1) is 5.69 Å². The van der Waals surface area contributed by atoms with Crippen LogP contribution in [0.15, 0.2) is 48.1 Å². The van der Waals surface area contributed by atoms with Crippen LogP contribution >= 0.6 is 28.3 Å². The lowest BCUT2D eigenvalue weighted by molar-refractivity contribution is 1.30. The number of hydrogen-bond donors (Lipinski definition) is 1. The standard InChI is InChI=1S/C16H15N3S.BrH/c1-11-5-6-14(12(2)8-11)18-16-19-15(10-20-16)13-4-3-7-17-9-13;/h3-10H,1-2H3,(H,18,19);1H. The van der Waals surface area contributed by atoms with E-state index in [0.29, 0.717) is 0 Å². The van der Waals surface area contributed by atoms with Gasteiger partial charge in [0.1, 0.15) is 0 Å². The van der Waals surface area contributed by atoms with Crippen molar-refractivity contribution in [2.75, 3.05) is 5.32 Å². The molecule has 108 valence electrons. The van der Waals surface area contributed by atoms with E-state index >= 15 is 0 Å². The Morgan fingerprint density at radius 3 is 2.71 bits per heavy atom. The Morgan fingerprint density at radius 2 is 2.00 bits per heavy atom. The van der Waals surface area contributed by atoms with Crippen LogP contribution in [0, 0.1) is 13.8 Å². The summed E-state index contributed by atoms with van der Waals surface area (Å²) in [6.07, 6.45) is 3.60. The molecule has 0 atom stereocenters. The van der Waals surface area contributed by atoms with Gasteiger partial charge in [0, 0.05) is 29.0 Å². The van der Waals surface area contributed by atoms with E-state index in [4.69, 9.17) is 0 Å². The second-order valence-corrected chi connectivity index (χ2v) is 5.58. The summed E-state index contributed by atoms with van der Waals surface area (Å²) in [6, 6.07) is 10.3. The second kappa shape index (κ2) is 6.83. The molecular formula is C16H16BrN3S. The van der Waals surface area contributed by atoms with E-state index in [-0.39, 0.29) is 17.0 Å². The molecule has 0 aliphatic heterocycles. The number of aromatic nitrogens is 2. The van der Waals surface area contributed by atoms with Gasteiger partial charge in [-0.05, 0) is 37.6 Å². The van der Waals surface area contributed by atoms with Crippen molar-refractivity contribution in [3.8, 4) is 11.3 Å². The van der Waals surface area contributed by atoms with Crippen LogP contribution < -0.4 is 5.32 Å². The number of benzene rings is 1. The highest BCUT2D eigenvalue weighted by Crippen LogP contribution is 2.28. The molecule has 0 fully saturated rings. The maximum atomic E-state index is 4.61. The number of nitrogens with zero attached hydrogens (tertiary/aromatic N) is 2. The summed E-state index contributed by atoms with van der Waals surface area (Å²) in [6.45, 7) is 4.20. The number of aryl methyl sites for hydroxylation is 2. The SMILES string of the molecule is Br.Cc1ccc(Nc2nc(-c3cccnc3)cs2)c(C)c1. The van der Waals surface area contributed by atoms with Crippen LogP contribution in [0.4, 0.5) is 10.8 Å². The number of thiazole rings is 1. The number of pyridine rings is 1. The van der Waals surface area contributed by atoms with Crippen LogP contribution in [-0.2, 0) is 0 Å². The first-order valence-electron chi connectivity index (χ1n) is 6.42. The maximum Gasteiger partial charge on any atom is 0.187 e. The molecule has 3 nitrogen and oxygen atoms in total. The fraction of sp³-hybridized carbons (Fsp3) is 0.125. The van der Waals surface area contributed by atoms with Crippen LogP contribution in [0.1, 0.15) is 11.1 Å². The van der Waals surface area contributed by atoms with Crippen molar-refractivity contribution in [1.82, 2.24) is 9.97 Å². The first-order chi connectivity index (χ1) is 9.72. The van der Waals surface area contributed by atoms with Crippen molar-refractivity contribution >= 4 is 39.1 Å². The van der Waals surface area contributed by atoms with E-state index in [2.05, 4.69) is 47.3 Å². The molecule has 0 unspecified atom stereocenters. The van der Waals surface area contributed by atoms with E-state index in [1.165, 1.54) is 11.1 Å². The minimum atomic E-state index is 0. The lowest BCUT2D eigenvalue weighted by atomic mass is 10.1. The molecule has 2 heterocycles. The average Bonchev–Trinajstić information content (AvgIpc) is 2.92. The zero-order chi connectivity index (χ0) is 13.9. The van der Waals surface area contributed by atoms with E-state index in [1.54, 1.807) is 17.5 Å². The number of anilines is 2. The van der Waals surface area contributed by atoms with Gasteiger partial charge in [0.25, 0.3) is 0 Å². The van der Waals surface area contributed by atoms with Crippen molar-refractivity contribution in [2.24, 2.45) is 0 Å². The number of nitrogens with one attached hydrogen (secondary N) is 1. The zero-order valence-electron chi connectivity index (χ0n) is 11.8. The lowest BCUT2D eigenvalue weighted by Gasteiger charge is -2.07. The third kappa shape index (κ3) is 3.68. The quantitative estimate of drug-likeness (QED) is 0.701. The van der Waals surface area contributed by atoms with Gasteiger partial charge in [-0.2, -0.15) is 0 Å². The van der Waals surface area contributed by atoms with Crippen molar-refractivity contribution in [2.45, 2.75) is 13.8 Å². The minimum absolute atomic E-state index is 0. The van der Waals surface area contributed by atoms with E-state index < -0.39 is 0 Å². The molecule has 0 saturated heterocycles. The van der Waals surface area contributed by atoms with Crippen molar-refractivity contribution in [3.63, 3.8) is 0 Å². The van der Waals surface area contributed by atoms with Gasteiger partial charge >= 0.3 is 0 Å². The fourth-order valence-corrected chi connectivity index (χ4v) is 2.78. The monoisotopic (exact) mass is 361 g/mol. The Hall–Kier alpha value is -1.72. The Morgan fingerprint density at radius 1 is 1.14 bits per heavy atom. The summed E-state index contributed by atoms with van der Waals surface area (Å²) in [5.74, 6) is 0.